The van der Waals surface area contributed by atoms with Gasteiger partial charge in [0, 0.05) is 11.7 Å². The van der Waals surface area contributed by atoms with Crippen molar-refractivity contribution in [1.29, 1.82) is 0 Å². The fourth-order valence-corrected chi connectivity index (χ4v) is 4.52. The lowest BCUT2D eigenvalue weighted by molar-refractivity contribution is 0.331. The Morgan fingerprint density at radius 1 is 1.20 bits per heavy atom. The molecule has 0 saturated carbocycles. The number of aryl methyl sites for hydroxylation is 1. The molecule has 25 heavy (non-hydrogen) atoms. The molecule has 0 amide bonds. The summed E-state index contributed by atoms with van der Waals surface area (Å²) in [6.45, 7) is 2.24. The number of anilines is 1. The molecule has 1 unspecified atom stereocenters. The molecule has 3 rings (SSSR count). The first-order valence-electron chi connectivity index (χ1n) is 8.60. The van der Waals surface area contributed by atoms with Crippen molar-refractivity contribution in [3.63, 3.8) is 0 Å². The van der Waals surface area contributed by atoms with Gasteiger partial charge in [-0.2, -0.15) is 0 Å². The van der Waals surface area contributed by atoms with Crippen molar-refractivity contribution in [2.45, 2.75) is 37.1 Å². The molecule has 5 nitrogen and oxygen atoms in total. The van der Waals surface area contributed by atoms with E-state index < -0.39 is 10.0 Å². The van der Waals surface area contributed by atoms with Gasteiger partial charge in [-0.25, -0.2) is 8.42 Å². The summed E-state index contributed by atoms with van der Waals surface area (Å²) in [5.41, 5.74) is 3.03. The normalized spacial score (nSPS) is 17.0. The van der Waals surface area contributed by atoms with Gasteiger partial charge in [-0.1, -0.05) is 18.2 Å². The predicted molar refractivity (Wildman–Crippen MR) is 99.6 cm³/mol. The van der Waals surface area contributed by atoms with Gasteiger partial charge in [0.15, 0.2) is 0 Å². The SMILES string of the molecule is CCOc1ccccc1S(=O)(=O)Nc1ccc2c(c1)C(NC)CCC2. The van der Waals surface area contributed by atoms with E-state index in [2.05, 4.69) is 10.0 Å². The van der Waals surface area contributed by atoms with E-state index in [1.54, 1.807) is 24.3 Å². The lowest BCUT2D eigenvalue weighted by Crippen LogP contribution is -2.22. The minimum Gasteiger partial charge on any atom is -0.492 e. The van der Waals surface area contributed by atoms with Gasteiger partial charge < -0.3 is 10.1 Å². The number of ether oxygens (including phenoxy) is 1. The van der Waals surface area contributed by atoms with Crippen molar-refractivity contribution in [2.75, 3.05) is 18.4 Å². The van der Waals surface area contributed by atoms with Crippen molar-refractivity contribution >= 4 is 15.7 Å². The van der Waals surface area contributed by atoms with Gasteiger partial charge in [0.05, 0.1) is 6.61 Å². The van der Waals surface area contributed by atoms with E-state index in [4.69, 9.17) is 4.74 Å². The molecule has 134 valence electrons. The molecule has 2 N–H and O–H groups in total. The van der Waals surface area contributed by atoms with E-state index in [0.29, 0.717) is 18.0 Å². The Morgan fingerprint density at radius 2 is 2.00 bits per heavy atom. The van der Waals surface area contributed by atoms with Gasteiger partial charge >= 0.3 is 0 Å². The average molecular weight is 360 g/mol. The van der Waals surface area contributed by atoms with Crippen LogP contribution in [0.15, 0.2) is 47.4 Å². The summed E-state index contributed by atoms with van der Waals surface area (Å²) >= 11 is 0. The second kappa shape index (κ2) is 7.45. The van der Waals surface area contributed by atoms with Gasteiger partial charge in [-0.15, -0.1) is 0 Å². The number of rotatable bonds is 6. The van der Waals surface area contributed by atoms with E-state index in [1.165, 1.54) is 11.1 Å². The predicted octanol–water partition coefficient (Wildman–Crippen LogP) is 3.48. The van der Waals surface area contributed by atoms with Crippen LogP contribution < -0.4 is 14.8 Å². The molecule has 2 aromatic carbocycles. The fraction of sp³-hybridized carbons (Fsp3) is 0.368. The first kappa shape index (κ1) is 17.8. The highest BCUT2D eigenvalue weighted by atomic mass is 32.2. The van der Waals surface area contributed by atoms with Crippen LogP contribution in [0.1, 0.15) is 36.9 Å². The van der Waals surface area contributed by atoms with Gasteiger partial charge in [0.25, 0.3) is 10.0 Å². The fourth-order valence-electron chi connectivity index (χ4n) is 3.32. The number of sulfonamides is 1. The minimum absolute atomic E-state index is 0.153. The van der Waals surface area contributed by atoms with E-state index in [9.17, 15) is 8.42 Å². The molecule has 1 aliphatic rings. The van der Waals surface area contributed by atoms with Crippen molar-refractivity contribution in [3.05, 3.63) is 53.6 Å². The van der Waals surface area contributed by atoms with E-state index in [1.807, 2.05) is 32.2 Å². The molecule has 0 aromatic heterocycles. The second-order valence-corrected chi connectivity index (χ2v) is 7.78. The summed E-state index contributed by atoms with van der Waals surface area (Å²) in [6.07, 6.45) is 3.24. The zero-order chi connectivity index (χ0) is 17.9. The first-order valence-corrected chi connectivity index (χ1v) is 10.1. The van der Waals surface area contributed by atoms with E-state index in [-0.39, 0.29) is 10.9 Å². The Hall–Kier alpha value is -2.05. The largest absolute Gasteiger partial charge is 0.492 e. The summed E-state index contributed by atoms with van der Waals surface area (Å²) in [5.74, 6) is 0.364. The minimum atomic E-state index is -3.71. The topological polar surface area (TPSA) is 67.4 Å². The van der Waals surface area contributed by atoms with Crippen molar-refractivity contribution in [1.82, 2.24) is 5.32 Å². The number of fused-ring (bicyclic) bond motifs is 1. The van der Waals surface area contributed by atoms with Crippen molar-refractivity contribution < 1.29 is 13.2 Å². The van der Waals surface area contributed by atoms with Gasteiger partial charge in [0.1, 0.15) is 10.6 Å². The maximum Gasteiger partial charge on any atom is 0.265 e. The quantitative estimate of drug-likeness (QED) is 0.828. The Bertz CT molecular complexity index is 849. The second-order valence-electron chi connectivity index (χ2n) is 6.13. The summed E-state index contributed by atoms with van der Waals surface area (Å²) < 4.78 is 33.8. The van der Waals surface area contributed by atoms with Crippen molar-refractivity contribution in [2.24, 2.45) is 0 Å². The van der Waals surface area contributed by atoms with Gasteiger partial charge in [-0.3, -0.25) is 4.72 Å². The molecule has 0 heterocycles. The van der Waals surface area contributed by atoms with Crippen LogP contribution in [0, 0.1) is 0 Å². The highest BCUT2D eigenvalue weighted by molar-refractivity contribution is 7.92. The number of hydrogen-bond acceptors (Lipinski definition) is 4. The third-order valence-electron chi connectivity index (χ3n) is 4.50. The van der Waals surface area contributed by atoms with Crippen LogP contribution in [0.25, 0.3) is 0 Å². The third kappa shape index (κ3) is 3.80. The summed E-state index contributed by atoms with van der Waals surface area (Å²) in [4.78, 5) is 0.153. The van der Waals surface area contributed by atoms with Crippen LogP contribution in [0.4, 0.5) is 5.69 Å². The van der Waals surface area contributed by atoms with Crippen LogP contribution in [-0.4, -0.2) is 22.1 Å². The third-order valence-corrected chi connectivity index (χ3v) is 5.92. The van der Waals surface area contributed by atoms with E-state index in [0.717, 1.165) is 19.3 Å². The summed E-state index contributed by atoms with van der Waals surface area (Å²) in [5, 5.41) is 3.31. The van der Waals surface area contributed by atoms with Crippen molar-refractivity contribution in [3.8, 4) is 5.75 Å². The number of nitrogens with one attached hydrogen (secondary N) is 2. The highest BCUT2D eigenvalue weighted by Gasteiger charge is 2.22. The molecular formula is C19H24N2O3S. The zero-order valence-electron chi connectivity index (χ0n) is 14.6. The maximum atomic E-state index is 12.8. The number of para-hydroxylation sites is 1. The Morgan fingerprint density at radius 3 is 2.76 bits per heavy atom. The number of hydrogen-bond donors (Lipinski definition) is 2. The Kier molecular flexibility index (Phi) is 5.30. The molecule has 0 aliphatic heterocycles. The zero-order valence-corrected chi connectivity index (χ0v) is 15.4. The maximum absolute atomic E-state index is 12.8. The monoisotopic (exact) mass is 360 g/mol. The molecule has 1 aliphatic carbocycles. The first-order chi connectivity index (χ1) is 12.0. The summed E-state index contributed by atoms with van der Waals surface area (Å²) in [7, 11) is -1.77. The van der Waals surface area contributed by atoms with Crippen LogP contribution in [-0.2, 0) is 16.4 Å². The lowest BCUT2D eigenvalue weighted by atomic mass is 9.87. The Balaban J connectivity index is 1.92. The molecule has 0 radical (unpaired) electrons. The highest BCUT2D eigenvalue weighted by Crippen LogP contribution is 2.32. The van der Waals surface area contributed by atoms with Gasteiger partial charge in [-0.05, 0) is 68.6 Å². The number of benzene rings is 2. The van der Waals surface area contributed by atoms with Gasteiger partial charge in [0.2, 0.25) is 0 Å². The van der Waals surface area contributed by atoms with Crippen LogP contribution >= 0.6 is 0 Å². The molecule has 1 atom stereocenters. The van der Waals surface area contributed by atoms with Crippen LogP contribution in [0.5, 0.6) is 5.75 Å². The lowest BCUT2D eigenvalue weighted by Gasteiger charge is -2.26. The van der Waals surface area contributed by atoms with E-state index >= 15 is 0 Å². The average Bonchev–Trinajstić information content (AvgIpc) is 2.61. The molecule has 0 fully saturated rings. The Labute approximate surface area is 149 Å². The molecule has 0 bridgehead atoms. The summed E-state index contributed by atoms with van der Waals surface area (Å²) in [6, 6.07) is 12.7. The van der Waals surface area contributed by atoms with Crippen LogP contribution in [0.2, 0.25) is 0 Å². The molecular weight excluding hydrogens is 336 g/mol. The smallest absolute Gasteiger partial charge is 0.265 e. The molecule has 2 aromatic rings. The molecule has 0 spiro atoms. The standard InChI is InChI=1S/C19H24N2O3S/c1-3-24-18-9-4-5-10-19(18)25(22,23)21-15-12-11-14-7-6-8-17(20-2)16(14)13-15/h4-5,9-13,17,20-21H,3,6-8H2,1-2H3. The molecule has 0 saturated heterocycles. The van der Waals surface area contributed by atoms with Crippen LogP contribution in [0.3, 0.4) is 0 Å². The molecule has 6 heteroatoms.